The van der Waals surface area contributed by atoms with Gasteiger partial charge in [-0.3, -0.25) is 4.57 Å². The summed E-state index contributed by atoms with van der Waals surface area (Å²) in [6.07, 6.45) is 3.91. The van der Waals surface area contributed by atoms with Crippen molar-refractivity contribution >= 4 is 15.7 Å². The van der Waals surface area contributed by atoms with Crippen LogP contribution in [0.4, 0.5) is 0 Å². The van der Waals surface area contributed by atoms with E-state index in [1.54, 1.807) is 0 Å². The highest BCUT2D eigenvalue weighted by Gasteiger charge is 2.42. The van der Waals surface area contributed by atoms with Crippen molar-refractivity contribution in [3.05, 3.63) is 11.4 Å². The highest BCUT2D eigenvalue weighted by molar-refractivity contribution is 7.64. The first-order valence-corrected chi connectivity index (χ1v) is 12.7. The minimum atomic E-state index is -2.69. The van der Waals surface area contributed by atoms with Crippen molar-refractivity contribution in [2.75, 3.05) is 6.61 Å². The van der Waals surface area contributed by atoms with Gasteiger partial charge in [-0.15, -0.1) is 0 Å². The van der Waals surface area contributed by atoms with Crippen molar-refractivity contribution in [3.63, 3.8) is 0 Å². The van der Waals surface area contributed by atoms with Crippen LogP contribution in [0.15, 0.2) is 11.4 Å². The van der Waals surface area contributed by atoms with Crippen molar-refractivity contribution in [1.82, 2.24) is 0 Å². The minimum Gasteiger partial charge on any atom is -0.413 e. The first-order valence-electron chi connectivity index (χ1n) is 8.05. The fraction of sp³-hybridized carbons (Fsp3) is 0.875. The standard InChI is InChI=1S/C16H33O3PSi/c1-9-18-20(17,13(2)3)15-11-10-14(12-15)19-21(7,8)16(4,5)6/h11,13-14H,9-10,12H2,1-8H3. The molecule has 0 fully saturated rings. The third-order valence-electron chi connectivity index (χ3n) is 4.72. The molecule has 1 rings (SSSR count). The lowest BCUT2D eigenvalue weighted by Gasteiger charge is -2.38. The lowest BCUT2D eigenvalue weighted by molar-refractivity contribution is 0.192. The Morgan fingerprint density at radius 3 is 2.38 bits per heavy atom. The average molecular weight is 332 g/mol. The van der Waals surface area contributed by atoms with Gasteiger partial charge in [-0.1, -0.05) is 40.7 Å². The van der Waals surface area contributed by atoms with Crippen LogP contribution in [0.1, 0.15) is 54.4 Å². The average Bonchev–Trinajstić information content (AvgIpc) is 2.75. The van der Waals surface area contributed by atoms with Crippen LogP contribution in [-0.4, -0.2) is 26.7 Å². The van der Waals surface area contributed by atoms with Crippen molar-refractivity contribution in [1.29, 1.82) is 0 Å². The summed E-state index contributed by atoms with van der Waals surface area (Å²) in [6, 6.07) is 0. The first kappa shape index (κ1) is 19.2. The summed E-state index contributed by atoms with van der Waals surface area (Å²) in [5, 5.41) is 1.19. The Bertz CT molecular complexity index is 435. The molecule has 0 bridgehead atoms. The lowest BCUT2D eigenvalue weighted by atomic mass is 10.2. The minimum absolute atomic E-state index is 0.0373. The Kier molecular flexibility index (Phi) is 6.11. The molecule has 2 unspecified atom stereocenters. The molecule has 0 saturated heterocycles. The zero-order valence-electron chi connectivity index (χ0n) is 15.0. The normalized spacial score (nSPS) is 23.3. The summed E-state index contributed by atoms with van der Waals surface area (Å²) in [5.41, 5.74) is 0.0373. The van der Waals surface area contributed by atoms with Crippen LogP contribution in [-0.2, 0) is 13.5 Å². The van der Waals surface area contributed by atoms with Crippen LogP contribution in [0.25, 0.3) is 0 Å². The second-order valence-corrected chi connectivity index (χ2v) is 15.6. The van der Waals surface area contributed by atoms with Gasteiger partial charge in [-0.25, -0.2) is 0 Å². The molecule has 2 atom stereocenters. The zero-order chi connectivity index (χ0) is 16.5. The molecule has 0 spiro atoms. The molecule has 124 valence electrons. The van der Waals surface area contributed by atoms with Gasteiger partial charge in [0.15, 0.2) is 8.32 Å². The van der Waals surface area contributed by atoms with E-state index in [0.29, 0.717) is 6.61 Å². The van der Waals surface area contributed by atoms with E-state index >= 15 is 0 Å². The maximum atomic E-state index is 13.1. The van der Waals surface area contributed by atoms with E-state index < -0.39 is 15.7 Å². The molecule has 1 aliphatic carbocycles. The summed E-state index contributed by atoms with van der Waals surface area (Å²) in [4.78, 5) is 0. The molecule has 0 aromatic heterocycles. The monoisotopic (exact) mass is 332 g/mol. The predicted molar refractivity (Wildman–Crippen MR) is 93.8 cm³/mol. The Hall–Kier alpha value is 0.107. The fourth-order valence-corrected chi connectivity index (χ4v) is 6.06. The largest absolute Gasteiger partial charge is 0.413 e. The smallest absolute Gasteiger partial charge is 0.230 e. The molecule has 5 heteroatoms. The van der Waals surface area contributed by atoms with Crippen LogP contribution in [0.5, 0.6) is 0 Å². The molecule has 0 amide bonds. The van der Waals surface area contributed by atoms with Gasteiger partial charge < -0.3 is 8.95 Å². The van der Waals surface area contributed by atoms with Gasteiger partial charge >= 0.3 is 0 Å². The van der Waals surface area contributed by atoms with Gasteiger partial charge in [0.2, 0.25) is 7.37 Å². The molecule has 0 N–H and O–H groups in total. The molecule has 0 radical (unpaired) electrons. The van der Waals surface area contributed by atoms with E-state index in [4.69, 9.17) is 8.95 Å². The van der Waals surface area contributed by atoms with Gasteiger partial charge in [0.05, 0.1) is 12.7 Å². The molecule has 0 heterocycles. The molecule has 0 aliphatic heterocycles. The van der Waals surface area contributed by atoms with E-state index in [1.807, 2.05) is 20.8 Å². The maximum Gasteiger partial charge on any atom is 0.230 e. The third-order valence-corrected chi connectivity index (χ3v) is 12.4. The summed E-state index contributed by atoms with van der Waals surface area (Å²) in [7, 11) is -4.45. The second-order valence-electron chi connectivity index (χ2n) is 7.74. The molecule has 3 nitrogen and oxygen atoms in total. The maximum absolute atomic E-state index is 13.1. The first-order chi connectivity index (χ1) is 9.44. The van der Waals surface area contributed by atoms with Crippen molar-refractivity contribution < 1.29 is 13.5 Å². The molecule has 21 heavy (non-hydrogen) atoms. The van der Waals surface area contributed by atoms with Gasteiger partial charge in [0.1, 0.15) is 0 Å². The fourth-order valence-electron chi connectivity index (χ4n) is 2.36. The second kappa shape index (κ2) is 6.70. The molecular weight excluding hydrogens is 299 g/mol. The van der Waals surface area contributed by atoms with Crippen molar-refractivity contribution in [2.24, 2.45) is 0 Å². The third kappa shape index (κ3) is 4.31. The summed E-state index contributed by atoms with van der Waals surface area (Å²) in [5.74, 6) is 0. The van der Waals surface area contributed by atoms with Gasteiger partial charge in [0.25, 0.3) is 0 Å². The topological polar surface area (TPSA) is 35.5 Å². The Morgan fingerprint density at radius 1 is 1.38 bits per heavy atom. The lowest BCUT2D eigenvalue weighted by Crippen LogP contribution is -2.43. The van der Waals surface area contributed by atoms with Crippen LogP contribution in [0.2, 0.25) is 18.1 Å². The summed E-state index contributed by atoms with van der Waals surface area (Å²) >= 11 is 0. The molecule has 0 saturated carbocycles. The van der Waals surface area contributed by atoms with Crippen LogP contribution in [0.3, 0.4) is 0 Å². The quantitative estimate of drug-likeness (QED) is 0.457. The van der Waals surface area contributed by atoms with E-state index in [0.717, 1.165) is 18.2 Å². The van der Waals surface area contributed by atoms with E-state index in [1.165, 1.54) is 0 Å². The number of hydrogen-bond donors (Lipinski definition) is 0. The van der Waals surface area contributed by atoms with E-state index in [9.17, 15) is 4.57 Å². The molecule has 0 aromatic rings. The van der Waals surface area contributed by atoms with Gasteiger partial charge in [0, 0.05) is 17.4 Å². The molecule has 0 aromatic carbocycles. The van der Waals surface area contributed by atoms with Crippen molar-refractivity contribution in [2.45, 2.75) is 84.3 Å². The zero-order valence-corrected chi connectivity index (χ0v) is 16.9. The van der Waals surface area contributed by atoms with Crippen molar-refractivity contribution in [3.8, 4) is 0 Å². The SMILES string of the molecule is CCOP(=O)(C1=CCC(O[Si](C)(C)C(C)(C)C)C1)C(C)C. The summed E-state index contributed by atoms with van der Waals surface area (Å²) in [6.45, 7) is 17.7. The summed E-state index contributed by atoms with van der Waals surface area (Å²) < 4.78 is 25.2. The van der Waals surface area contributed by atoms with Crippen LogP contribution >= 0.6 is 7.37 Å². The van der Waals surface area contributed by atoms with E-state index in [2.05, 4.69) is 39.9 Å². The highest BCUT2D eigenvalue weighted by atomic mass is 31.2. The molecular formula is C16H33O3PSi. The Labute approximate surface area is 132 Å². The van der Waals surface area contributed by atoms with Crippen LogP contribution < -0.4 is 0 Å². The van der Waals surface area contributed by atoms with E-state index in [-0.39, 0.29) is 16.8 Å². The number of rotatable bonds is 6. The predicted octanol–water partition coefficient (Wildman–Crippen LogP) is 5.78. The van der Waals surface area contributed by atoms with Crippen LogP contribution in [0, 0.1) is 0 Å². The highest BCUT2D eigenvalue weighted by Crippen LogP contribution is 2.62. The van der Waals surface area contributed by atoms with Gasteiger partial charge in [-0.2, -0.15) is 0 Å². The Morgan fingerprint density at radius 2 is 1.95 bits per heavy atom. The molecule has 1 aliphatic rings. The number of hydrogen-bond acceptors (Lipinski definition) is 3. The Balaban J connectivity index is 2.78. The van der Waals surface area contributed by atoms with Gasteiger partial charge in [-0.05, 0) is 31.5 Å².